The topological polar surface area (TPSA) is 64.3 Å². The normalized spacial score (nSPS) is 9.89. The number of ether oxygens (including phenoxy) is 1. The van der Waals surface area contributed by atoms with Crippen molar-refractivity contribution in [3.8, 4) is 0 Å². The molecule has 0 aliphatic rings. The van der Waals surface area contributed by atoms with Crippen LogP contribution in [-0.4, -0.2) is 24.1 Å². The van der Waals surface area contributed by atoms with Gasteiger partial charge in [-0.2, -0.15) is 0 Å². The minimum atomic E-state index is -0.225. The molecular weight excluding hydrogens is 316 g/mol. The zero-order chi connectivity index (χ0) is 13.5. The van der Waals surface area contributed by atoms with Gasteiger partial charge in [0.05, 0.1) is 13.0 Å². The van der Waals surface area contributed by atoms with Gasteiger partial charge in [0.15, 0.2) is 0 Å². The molecule has 98 valence electrons. The number of hydrogen-bond donors (Lipinski definition) is 2. The minimum Gasteiger partial charge on any atom is -0.466 e. The zero-order valence-electron chi connectivity index (χ0n) is 10.0. The van der Waals surface area contributed by atoms with Crippen LogP contribution < -0.4 is 11.1 Å². The number of nitrogens with two attached hydrogens (primary N) is 1. The number of rotatable bonds is 6. The van der Waals surface area contributed by atoms with Gasteiger partial charge in [-0.05, 0) is 25.1 Å². The van der Waals surface area contributed by atoms with E-state index in [4.69, 9.17) is 22.7 Å². The molecule has 1 aromatic rings. The van der Waals surface area contributed by atoms with Crippen molar-refractivity contribution in [1.82, 2.24) is 0 Å². The summed E-state index contributed by atoms with van der Waals surface area (Å²) in [6.45, 7) is 2.66. The highest BCUT2D eigenvalue weighted by Gasteiger charge is 2.07. The van der Waals surface area contributed by atoms with E-state index in [1.54, 1.807) is 6.92 Å². The Labute approximate surface area is 120 Å². The van der Waals surface area contributed by atoms with E-state index < -0.39 is 0 Å². The van der Waals surface area contributed by atoms with Crippen LogP contribution in [0.5, 0.6) is 0 Å². The predicted molar refractivity (Wildman–Crippen MR) is 79.8 cm³/mol. The fraction of sp³-hybridized carbons (Fsp3) is 0.333. The molecule has 1 aromatic carbocycles. The quantitative estimate of drug-likeness (QED) is 0.619. The number of thiocarbonyl (C=S) groups is 1. The van der Waals surface area contributed by atoms with Gasteiger partial charge in [0.2, 0.25) is 0 Å². The molecule has 0 amide bonds. The van der Waals surface area contributed by atoms with E-state index in [1.807, 2.05) is 18.2 Å². The highest BCUT2D eigenvalue weighted by Crippen LogP contribution is 2.21. The van der Waals surface area contributed by atoms with E-state index in [1.165, 1.54) is 0 Å². The molecule has 0 radical (unpaired) electrons. The summed E-state index contributed by atoms with van der Waals surface area (Å²) in [6, 6.07) is 5.57. The third kappa shape index (κ3) is 4.62. The molecule has 0 spiro atoms. The minimum absolute atomic E-state index is 0.225. The van der Waals surface area contributed by atoms with Gasteiger partial charge in [0, 0.05) is 22.3 Å². The van der Waals surface area contributed by atoms with Crippen LogP contribution in [0.1, 0.15) is 18.9 Å². The smallest absolute Gasteiger partial charge is 0.307 e. The van der Waals surface area contributed by atoms with Crippen molar-refractivity contribution in [2.24, 2.45) is 5.73 Å². The first-order valence-corrected chi connectivity index (χ1v) is 6.73. The van der Waals surface area contributed by atoms with Gasteiger partial charge >= 0.3 is 5.97 Å². The molecule has 1 rings (SSSR count). The summed E-state index contributed by atoms with van der Waals surface area (Å²) in [6.07, 6.45) is 0.303. The largest absolute Gasteiger partial charge is 0.466 e. The van der Waals surface area contributed by atoms with Crippen LogP contribution in [0.4, 0.5) is 5.69 Å². The van der Waals surface area contributed by atoms with Crippen molar-refractivity contribution in [3.63, 3.8) is 0 Å². The van der Waals surface area contributed by atoms with E-state index in [2.05, 4.69) is 21.2 Å². The van der Waals surface area contributed by atoms with Crippen molar-refractivity contribution in [2.45, 2.75) is 13.3 Å². The van der Waals surface area contributed by atoms with Crippen LogP contribution in [-0.2, 0) is 9.53 Å². The monoisotopic (exact) mass is 330 g/mol. The molecule has 6 heteroatoms. The van der Waals surface area contributed by atoms with Crippen LogP contribution in [0.2, 0.25) is 0 Å². The number of hydrogen-bond acceptors (Lipinski definition) is 4. The Bertz CT molecular complexity index is 452. The third-order valence-electron chi connectivity index (χ3n) is 2.20. The second-order valence-corrected chi connectivity index (χ2v) is 4.89. The average molecular weight is 331 g/mol. The van der Waals surface area contributed by atoms with E-state index >= 15 is 0 Å². The molecule has 18 heavy (non-hydrogen) atoms. The first-order valence-electron chi connectivity index (χ1n) is 5.53. The van der Waals surface area contributed by atoms with E-state index in [-0.39, 0.29) is 5.97 Å². The number of halogens is 1. The summed E-state index contributed by atoms with van der Waals surface area (Å²) >= 11 is 8.34. The lowest BCUT2D eigenvalue weighted by Crippen LogP contribution is -2.16. The van der Waals surface area contributed by atoms with Gasteiger partial charge < -0.3 is 15.8 Å². The number of anilines is 1. The molecule has 0 aliphatic heterocycles. The number of nitrogens with one attached hydrogen (secondary N) is 1. The van der Waals surface area contributed by atoms with Crippen molar-refractivity contribution in [1.29, 1.82) is 0 Å². The van der Waals surface area contributed by atoms with Gasteiger partial charge in [0.1, 0.15) is 4.99 Å². The third-order valence-corrected chi connectivity index (χ3v) is 2.91. The molecule has 0 saturated heterocycles. The van der Waals surface area contributed by atoms with Crippen LogP contribution in [0.15, 0.2) is 22.7 Å². The molecule has 0 aliphatic carbocycles. The lowest BCUT2D eigenvalue weighted by atomic mass is 10.1. The van der Waals surface area contributed by atoms with Crippen LogP contribution in [0.25, 0.3) is 0 Å². The lowest BCUT2D eigenvalue weighted by Gasteiger charge is -2.11. The summed E-state index contributed by atoms with van der Waals surface area (Å²) in [5.74, 6) is -0.225. The van der Waals surface area contributed by atoms with Crippen LogP contribution in [0, 0.1) is 0 Å². The van der Waals surface area contributed by atoms with Crippen molar-refractivity contribution < 1.29 is 9.53 Å². The number of carbonyl (C=O) groups excluding carboxylic acids is 1. The molecule has 0 unspecified atom stereocenters. The van der Waals surface area contributed by atoms with Crippen molar-refractivity contribution in [2.75, 3.05) is 18.5 Å². The fourth-order valence-corrected chi connectivity index (χ4v) is 1.95. The molecule has 0 aromatic heterocycles. The molecule has 0 saturated carbocycles. The first-order chi connectivity index (χ1) is 8.54. The Morgan fingerprint density at radius 1 is 1.56 bits per heavy atom. The summed E-state index contributed by atoms with van der Waals surface area (Å²) in [5, 5.41) is 3.13. The Balaban J connectivity index is 2.63. The Morgan fingerprint density at radius 2 is 2.28 bits per heavy atom. The maximum atomic E-state index is 11.2. The highest BCUT2D eigenvalue weighted by molar-refractivity contribution is 9.10. The highest BCUT2D eigenvalue weighted by atomic mass is 79.9. The molecular formula is C12H15BrN2O2S. The second kappa shape index (κ2) is 7.33. The van der Waals surface area contributed by atoms with Crippen molar-refractivity contribution in [3.05, 3.63) is 28.2 Å². The standard InChI is InChI=1S/C12H15BrN2O2S/c1-2-17-11(16)5-6-15-10-7-8(13)3-4-9(10)12(14)18/h3-4,7,15H,2,5-6H2,1H3,(H2,14,18). The Kier molecular flexibility index (Phi) is 6.07. The van der Waals surface area contributed by atoms with Gasteiger partial charge in [-0.25, -0.2) is 0 Å². The van der Waals surface area contributed by atoms with E-state index in [9.17, 15) is 4.79 Å². The Morgan fingerprint density at radius 3 is 2.89 bits per heavy atom. The number of carbonyl (C=O) groups is 1. The summed E-state index contributed by atoms with van der Waals surface area (Å²) < 4.78 is 5.76. The van der Waals surface area contributed by atoms with Crippen LogP contribution >= 0.6 is 28.1 Å². The predicted octanol–water partition coefficient (Wildman–Crippen LogP) is 2.45. The van der Waals surface area contributed by atoms with E-state index in [0.29, 0.717) is 24.6 Å². The average Bonchev–Trinajstić information content (AvgIpc) is 2.29. The number of esters is 1. The maximum absolute atomic E-state index is 11.2. The second-order valence-electron chi connectivity index (χ2n) is 3.54. The molecule has 0 atom stereocenters. The SMILES string of the molecule is CCOC(=O)CCNc1cc(Br)ccc1C(N)=S. The summed E-state index contributed by atoms with van der Waals surface area (Å²) in [7, 11) is 0. The Hall–Kier alpha value is -1.14. The molecule has 0 heterocycles. The van der Waals surface area contributed by atoms with Crippen LogP contribution in [0.3, 0.4) is 0 Å². The van der Waals surface area contributed by atoms with Crippen molar-refractivity contribution >= 4 is 44.8 Å². The van der Waals surface area contributed by atoms with Gasteiger partial charge in [-0.1, -0.05) is 28.1 Å². The van der Waals surface area contributed by atoms with Gasteiger partial charge in [-0.3, -0.25) is 4.79 Å². The first kappa shape index (κ1) is 14.9. The van der Waals surface area contributed by atoms with E-state index in [0.717, 1.165) is 15.7 Å². The zero-order valence-corrected chi connectivity index (χ0v) is 12.4. The number of benzene rings is 1. The molecule has 0 fully saturated rings. The molecule has 3 N–H and O–H groups in total. The lowest BCUT2D eigenvalue weighted by molar-refractivity contribution is -0.142. The summed E-state index contributed by atoms with van der Waals surface area (Å²) in [4.78, 5) is 11.5. The van der Waals surface area contributed by atoms with Gasteiger partial charge in [0.25, 0.3) is 0 Å². The maximum Gasteiger partial charge on any atom is 0.307 e. The van der Waals surface area contributed by atoms with Gasteiger partial charge in [-0.15, -0.1) is 0 Å². The summed E-state index contributed by atoms with van der Waals surface area (Å²) in [5.41, 5.74) is 7.20. The molecule has 4 nitrogen and oxygen atoms in total. The molecule has 0 bridgehead atoms. The fourth-order valence-electron chi connectivity index (χ4n) is 1.41.